The van der Waals surface area contributed by atoms with Gasteiger partial charge in [-0.3, -0.25) is 13.9 Å². The van der Waals surface area contributed by atoms with Crippen LogP contribution in [0.2, 0.25) is 0 Å². The van der Waals surface area contributed by atoms with Crippen molar-refractivity contribution in [3.63, 3.8) is 0 Å². The number of benzene rings is 1. The molecule has 0 bridgehead atoms. The second-order valence-electron chi connectivity index (χ2n) is 6.91. The Kier molecular flexibility index (Phi) is 7.62. The molecule has 1 aromatic carbocycles. The first-order valence-corrected chi connectivity index (χ1v) is 11.9. The average molecular weight is 482 g/mol. The fraction of sp³-hybridized carbons (Fsp3) is 0.182. The first kappa shape index (κ1) is 24.4. The summed E-state index contributed by atoms with van der Waals surface area (Å²) in [5, 5.41) is 6.07. The van der Waals surface area contributed by atoms with Gasteiger partial charge < -0.3 is 10.6 Å². The van der Waals surface area contributed by atoms with Crippen LogP contribution in [0.25, 0.3) is 0 Å². The number of anilines is 5. The molecule has 176 valence electrons. The Hall–Kier alpha value is -4.21. The number of carbonyl (C=O) groups excluding carboxylic acids is 1. The van der Waals surface area contributed by atoms with E-state index < -0.39 is 15.9 Å². The molecule has 0 aliphatic heterocycles. The highest BCUT2D eigenvalue weighted by atomic mass is 32.2. The van der Waals surface area contributed by atoms with E-state index in [9.17, 15) is 13.2 Å². The van der Waals surface area contributed by atoms with Gasteiger partial charge in [0.2, 0.25) is 16.0 Å². The number of amides is 1. The number of terminal acetylenes is 1. The number of pyridine rings is 1. The lowest BCUT2D eigenvalue weighted by molar-refractivity contribution is 0.0365. The third-order valence-electron chi connectivity index (χ3n) is 4.53. The lowest BCUT2D eigenvalue weighted by Gasteiger charge is -2.22. The van der Waals surface area contributed by atoms with Crippen LogP contribution in [-0.4, -0.2) is 49.2 Å². The van der Waals surface area contributed by atoms with Crippen molar-refractivity contribution in [1.82, 2.24) is 20.4 Å². The van der Waals surface area contributed by atoms with Crippen molar-refractivity contribution in [2.24, 2.45) is 0 Å². The maximum absolute atomic E-state index is 12.7. The zero-order valence-corrected chi connectivity index (χ0v) is 19.5. The van der Waals surface area contributed by atoms with Crippen LogP contribution in [0.4, 0.5) is 28.8 Å². The number of aromatic nitrogens is 3. The Morgan fingerprint density at radius 1 is 1.15 bits per heavy atom. The third-order valence-corrected chi connectivity index (χ3v) is 5.73. The van der Waals surface area contributed by atoms with Crippen LogP contribution < -0.4 is 20.4 Å². The smallest absolute Gasteiger partial charge is 0.278 e. The van der Waals surface area contributed by atoms with Crippen LogP contribution in [0.5, 0.6) is 0 Å². The van der Waals surface area contributed by atoms with Gasteiger partial charge in [-0.25, -0.2) is 28.8 Å². The number of nitrogens with zero attached hydrogens (tertiary/aromatic N) is 4. The molecule has 3 N–H and O–H groups in total. The van der Waals surface area contributed by atoms with Crippen molar-refractivity contribution in [3.8, 4) is 12.3 Å². The van der Waals surface area contributed by atoms with E-state index in [4.69, 9.17) is 11.3 Å². The number of nitrogens with one attached hydrogen (secondary N) is 3. The van der Waals surface area contributed by atoms with Crippen molar-refractivity contribution < 1.29 is 18.0 Å². The van der Waals surface area contributed by atoms with Crippen LogP contribution in [0.15, 0.2) is 48.9 Å². The summed E-state index contributed by atoms with van der Waals surface area (Å²) < 4.78 is 25.5. The van der Waals surface area contributed by atoms with Gasteiger partial charge in [-0.05, 0) is 31.2 Å². The third kappa shape index (κ3) is 5.97. The Morgan fingerprint density at radius 2 is 1.88 bits per heavy atom. The van der Waals surface area contributed by atoms with Gasteiger partial charge in [0.1, 0.15) is 5.82 Å². The van der Waals surface area contributed by atoms with Gasteiger partial charge in [-0.2, -0.15) is 0 Å². The van der Waals surface area contributed by atoms with E-state index in [1.54, 1.807) is 49.6 Å². The maximum Gasteiger partial charge on any atom is 0.278 e. The van der Waals surface area contributed by atoms with Gasteiger partial charge in [0.05, 0.1) is 35.5 Å². The summed E-state index contributed by atoms with van der Waals surface area (Å²) in [6.45, 7) is 1.99. The summed E-state index contributed by atoms with van der Waals surface area (Å²) in [7, 11) is -2.19. The topological polar surface area (TPSA) is 138 Å². The molecule has 0 unspecified atom stereocenters. The lowest BCUT2D eigenvalue weighted by atomic mass is 10.1. The van der Waals surface area contributed by atoms with E-state index in [2.05, 4.69) is 37.0 Å². The highest BCUT2D eigenvalue weighted by molar-refractivity contribution is 7.92. The van der Waals surface area contributed by atoms with E-state index in [1.165, 1.54) is 13.2 Å². The molecular formula is C22H23N7O4S. The van der Waals surface area contributed by atoms with Crippen LogP contribution >= 0.6 is 0 Å². The SMILES string of the molecule is C#Cc1ccc(Nc2cc(Nc3ncccn3)ncc2C(=O)NOCC)c(N(C)S(C)(=O)=O)c1. The van der Waals surface area contributed by atoms with Crippen molar-refractivity contribution in [2.45, 2.75) is 6.92 Å². The number of rotatable bonds is 9. The molecule has 1 amide bonds. The van der Waals surface area contributed by atoms with Gasteiger partial charge >= 0.3 is 0 Å². The molecule has 12 heteroatoms. The number of hydrogen-bond donors (Lipinski definition) is 3. The van der Waals surface area contributed by atoms with Crippen molar-refractivity contribution in [2.75, 3.05) is 34.8 Å². The van der Waals surface area contributed by atoms with Crippen molar-refractivity contribution >= 4 is 44.8 Å². The number of hydrogen-bond acceptors (Lipinski definition) is 9. The minimum Gasteiger partial charge on any atom is -0.353 e. The lowest BCUT2D eigenvalue weighted by Crippen LogP contribution is -2.26. The van der Waals surface area contributed by atoms with Crippen molar-refractivity contribution in [1.29, 1.82) is 0 Å². The van der Waals surface area contributed by atoms with E-state index in [0.29, 0.717) is 34.4 Å². The molecule has 11 nitrogen and oxygen atoms in total. The van der Waals surface area contributed by atoms with Crippen LogP contribution in [0.3, 0.4) is 0 Å². The predicted octanol–water partition coefficient (Wildman–Crippen LogP) is 2.42. The molecule has 0 atom stereocenters. The number of hydroxylamine groups is 1. The molecule has 3 rings (SSSR count). The van der Waals surface area contributed by atoms with E-state index in [-0.39, 0.29) is 12.2 Å². The molecule has 3 aromatic rings. The molecule has 0 spiro atoms. The second kappa shape index (κ2) is 10.6. The maximum atomic E-state index is 12.7. The van der Waals surface area contributed by atoms with Gasteiger partial charge in [0, 0.05) is 37.3 Å². The van der Waals surface area contributed by atoms with E-state index in [0.717, 1.165) is 10.6 Å². The Morgan fingerprint density at radius 3 is 2.53 bits per heavy atom. The van der Waals surface area contributed by atoms with E-state index >= 15 is 0 Å². The normalized spacial score (nSPS) is 10.8. The van der Waals surface area contributed by atoms with E-state index in [1.807, 2.05) is 0 Å². The first-order chi connectivity index (χ1) is 16.2. The van der Waals surface area contributed by atoms with Gasteiger partial charge in [0.15, 0.2) is 0 Å². The quantitative estimate of drug-likeness (QED) is 0.311. The molecule has 0 radical (unpaired) electrons. The van der Waals surface area contributed by atoms with Gasteiger partial charge in [0.25, 0.3) is 5.91 Å². The molecule has 2 heterocycles. The Labute approximate surface area is 197 Å². The fourth-order valence-corrected chi connectivity index (χ4v) is 3.30. The summed E-state index contributed by atoms with van der Waals surface area (Å²) in [5.74, 6) is 2.60. The second-order valence-corrected chi connectivity index (χ2v) is 8.92. The van der Waals surface area contributed by atoms with Crippen LogP contribution in [-0.2, 0) is 14.9 Å². The summed E-state index contributed by atoms with van der Waals surface area (Å²) in [5.41, 5.74) is 3.98. The minimum atomic E-state index is -3.60. The fourth-order valence-electron chi connectivity index (χ4n) is 2.79. The summed E-state index contributed by atoms with van der Waals surface area (Å²) in [4.78, 5) is 30.1. The zero-order chi connectivity index (χ0) is 24.7. The zero-order valence-electron chi connectivity index (χ0n) is 18.7. The molecule has 0 aliphatic carbocycles. The van der Waals surface area contributed by atoms with Crippen LogP contribution in [0.1, 0.15) is 22.8 Å². The highest BCUT2D eigenvalue weighted by Crippen LogP contribution is 2.32. The summed E-state index contributed by atoms with van der Waals surface area (Å²) in [6.07, 6.45) is 11.1. The molecule has 0 fully saturated rings. The number of sulfonamides is 1. The van der Waals surface area contributed by atoms with Crippen LogP contribution in [0, 0.1) is 12.3 Å². The number of carbonyl (C=O) groups is 1. The first-order valence-electron chi connectivity index (χ1n) is 10.0. The van der Waals surface area contributed by atoms with Crippen molar-refractivity contribution in [3.05, 3.63) is 60.0 Å². The summed E-state index contributed by atoms with van der Waals surface area (Å²) in [6, 6.07) is 8.08. The molecule has 0 aliphatic rings. The Balaban J connectivity index is 2.07. The largest absolute Gasteiger partial charge is 0.353 e. The monoisotopic (exact) mass is 481 g/mol. The highest BCUT2D eigenvalue weighted by Gasteiger charge is 2.20. The molecule has 0 saturated carbocycles. The molecule has 2 aromatic heterocycles. The van der Waals surface area contributed by atoms with Gasteiger partial charge in [-0.1, -0.05) is 5.92 Å². The molecule has 0 saturated heterocycles. The average Bonchev–Trinajstić information content (AvgIpc) is 2.82. The predicted molar refractivity (Wildman–Crippen MR) is 130 cm³/mol. The minimum absolute atomic E-state index is 0.155. The Bertz CT molecular complexity index is 1320. The standard InChI is InChI=1S/C22H23N7O4S/c1-5-15-8-9-17(19(12-15)29(3)34(4,31)32)26-18-13-20(27-22-23-10-7-11-24-22)25-14-16(18)21(30)28-33-6-2/h1,7-14H,6H2,2-4H3,(H,28,30)(H2,23,24,25,26,27). The molecular weight excluding hydrogens is 458 g/mol. The summed E-state index contributed by atoms with van der Waals surface area (Å²) >= 11 is 0. The van der Waals surface area contributed by atoms with Gasteiger partial charge in [-0.15, -0.1) is 6.42 Å². The molecule has 34 heavy (non-hydrogen) atoms.